The number of benzene rings is 1. The van der Waals surface area contributed by atoms with Gasteiger partial charge in [0.15, 0.2) is 0 Å². The summed E-state index contributed by atoms with van der Waals surface area (Å²) in [6.45, 7) is 2.58. The van der Waals surface area contributed by atoms with E-state index >= 15 is 0 Å². The summed E-state index contributed by atoms with van der Waals surface area (Å²) < 4.78 is 0. The normalized spacial score (nSPS) is 20.7. The highest BCUT2D eigenvalue weighted by atomic mass is 16.2. The van der Waals surface area contributed by atoms with Crippen LogP contribution in [0.3, 0.4) is 0 Å². The van der Waals surface area contributed by atoms with Crippen molar-refractivity contribution in [3.05, 3.63) is 48.2 Å². The Morgan fingerprint density at radius 1 is 1.38 bits per heavy atom. The van der Waals surface area contributed by atoms with E-state index in [0.717, 1.165) is 5.56 Å². The van der Waals surface area contributed by atoms with Gasteiger partial charge in [0, 0.05) is 12.4 Å². The number of hydrogen-bond donors (Lipinski definition) is 0. The van der Waals surface area contributed by atoms with Gasteiger partial charge in [-0.3, -0.25) is 9.79 Å². The van der Waals surface area contributed by atoms with Crippen molar-refractivity contribution < 1.29 is 4.79 Å². The average Bonchev–Trinajstić information content (AvgIpc) is 2.33. The summed E-state index contributed by atoms with van der Waals surface area (Å²) >= 11 is 0. The maximum Gasteiger partial charge on any atom is 0.253 e. The molecule has 1 aliphatic heterocycles. The molecule has 2 rings (SSSR count). The van der Waals surface area contributed by atoms with Crippen LogP contribution < -0.4 is 0 Å². The molecule has 82 valence electrons. The number of likely N-dealkylation sites (tertiary alicyclic amines) is 1. The minimum Gasteiger partial charge on any atom is -0.315 e. The summed E-state index contributed by atoms with van der Waals surface area (Å²) in [5, 5.41) is 0. The highest BCUT2D eigenvalue weighted by molar-refractivity contribution is 5.91. The number of carbonyl (C=O) groups excluding carboxylic acids is 1. The molecule has 0 aromatic heterocycles. The first-order valence-corrected chi connectivity index (χ1v) is 5.33. The molecule has 0 spiro atoms. The molecule has 0 aliphatic carbocycles. The minimum absolute atomic E-state index is 0.0743. The summed E-state index contributed by atoms with van der Waals surface area (Å²) in [5.74, 6) is 0.0743. The van der Waals surface area contributed by atoms with E-state index in [1.807, 2.05) is 43.3 Å². The van der Waals surface area contributed by atoms with Gasteiger partial charge in [-0.15, -0.1) is 0 Å². The quantitative estimate of drug-likeness (QED) is 0.558. The van der Waals surface area contributed by atoms with Crippen molar-refractivity contribution in [3.63, 3.8) is 0 Å². The van der Waals surface area contributed by atoms with E-state index in [1.54, 1.807) is 17.3 Å². The van der Waals surface area contributed by atoms with Gasteiger partial charge in [-0.25, -0.2) is 0 Å². The molecule has 0 radical (unpaired) electrons. The van der Waals surface area contributed by atoms with Crippen LogP contribution in [0.1, 0.15) is 12.5 Å². The first kappa shape index (κ1) is 10.6. The van der Waals surface area contributed by atoms with Crippen molar-refractivity contribution in [2.24, 2.45) is 4.99 Å². The van der Waals surface area contributed by atoms with Crippen LogP contribution >= 0.6 is 0 Å². The zero-order chi connectivity index (χ0) is 11.4. The van der Waals surface area contributed by atoms with Crippen molar-refractivity contribution in [2.75, 3.05) is 6.54 Å². The number of allylic oxidation sites excluding steroid dienone is 1. The van der Waals surface area contributed by atoms with Crippen LogP contribution in [0.4, 0.5) is 0 Å². The van der Waals surface area contributed by atoms with Gasteiger partial charge in [-0.2, -0.15) is 0 Å². The Morgan fingerprint density at radius 2 is 2.12 bits per heavy atom. The number of aliphatic imine (C=N–C) groups is 1. The number of hydrogen-bond acceptors (Lipinski definition) is 2. The van der Waals surface area contributed by atoms with Gasteiger partial charge in [-0.05, 0) is 12.5 Å². The third-order valence-corrected chi connectivity index (χ3v) is 2.47. The molecule has 1 aromatic carbocycles. The molecule has 1 fully saturated rings. The summed E-state index contributed by atoms with van der Waals surface area (Å²) in [4.78, 5) is 17.5. The molecule has 0 bridgehead atoms. The molecule has 1 aromatic rings. The van der Waals surface area contributed by atoms with E-state index in [1.165, 1.54) is 0 Å². The number of nitrogens with zero attached hydrogens (tertiary/aromatic N) is 2. The second-order valence-electron chi connectivity index (χ2n) is 3.68. The van der Waals surface area contributed by atoms with Crippen LogP contribution in [0.15, 0.2) is 47.6 Å². The lowest BCUT2D eigenvalue weighted by Gasteiger charge is -2.33. The second-order valence-corrected chi connectivity index (χ2v) is 3.68. The number of β-lactam (4-membered cyclic amide) rings is 1. The first-order valence-electron chi connectivity index (χ1n) is 5.33. The van der Waals surface area contributed by atoms with E-state index in [2.05, 4.69) is 4.99 Å². The summed E-state index contributed by atoms with van der Waals surface area (Å²) in [7, 11) is 0. The zero-order valence-corrected chi connectivity index (χ0v) is 9.21. The lowest BCUT2D eigenvalue weighted by molar-refractivity contribution is -0.138. The number of carbonyl (C=O) groups is 1. The molecule has 3 nitrogen and oxygen atoms in total. The highest BCUT2D eigenvalue weighted by Gasteiger charge is 2.34. The Morgan fingerprint density at radius 3 is 2.75 bits per heavy atom. The van der Waals surface area contributed by atoms with Crippen molar-refractivity contribution in [1.29, 1.82) is 0 Å². The fourth-order valence-electron chi connectivity index (χ4n) is 1.57. The lowest BCUT2D eigenvalue weighted by Crippen LogP contribution is -2.52. The zero-order valence-electron chi connectivity index (χ0n) is 9.21. The third-order valence-electron chi connectivity index (χ3n) is 2.47. The topological polar surface area (TPSA) is 32.7 Å². The number of amides is 1. The molecule has 16 heavy (non-hydrogen) atoms. The van der Waals surface area contributed by atoms with Crippen LogP contribution in [0.2, 0.25) is 0 Å². The molecule has 3 heteroatoms. The largest absolute Gasteiger partial charge is 0.315 e. The second kappa shape index (κ2) is 4.75. The van der Waals surface area contributed by atoms with Gasteiger partial charge in [0.1, 0.15) is 6.04 Å². The molecule has 1 amide bonds. The summed E-state index contributed by atoms with van der Waals surface area (Å²) in [6, 6.07) is 9.61. The molecule has 1 aliphatic rings. The van der Waals surface area contributed by atoms with E-state index in [-0.39, 0.29) is 11.9 Å². The standard InChI is InChI=1S/C13H14N2O/c1-2-8-15-10-12(13(15)16)14-9-11-6-4-3-5-7-11/h2-9,12H,10H2,1H3/b8-2+,14-9?/t12-/m0/s1. The minimum atomic E-state index is -0.198. The molecule has 0 unspecified atom stereocenters. The molecule has 1 saturated heterocycles. The Hall–Kier alpha value is -1.90. The van der Waals surface area contributed by atoms with Crippen LogP contribution in [0.5, 0.6) is 0 Å². The Bertz CT molecular complexity index is 423. The fraction of sp³-hybridized carbons (Fsp3) is 0.231. The van der Waals surface area contributed by atoms with Gasteiger partial charge in [0.05, 0.1) is 6.54 Å². The van der Waals surface area contributed by atoms with Crippen LogP contribution in [-0.4, -0.2) is 29.6 Å². The smallest absolute Gasteiger partial charge is 0.253 e. The number of rotatable bonds is 3. The molecular formula is C13H14N2O. The predicted octanol–water partition coefficient (Wildman–Crippen LogP) is 1.85. The molecule has 1 heterocycles. The van der Waals surface area contributed by atoms with Crippen molar-refractivity contribution in [1.82, 2.24) is 4.90 Å². The van der Waals surface area contributed by atoms with Crippen molar-refractivity contribution in [2.45, 2.75) is 13.0 Å². The van der Waals surface area contributed by atoms with Crippen LogP contribution in [-0.2, 0) is 4.79 Å². The maximum atomic E-state index is 11.5. The Kier molecular flexibility index (Phi) is 3.15. The first-order chi connectivity index (χ1) is 7.81. The SMILES string of the molecule is C/C=C/N1C[C@H](N=Cc2ccccc2)C1=O. The van der Waals surface area contributed by atoms with E-state index in [4.69, 9.17) is 0 Å². The van der Waals surface area contributed by atoms with Crippen molar-refractivity contribution in [3.8, 4) is 0 Å². The molecule has 0 saturated carbocycles. The Balaban J connectivity index is 1.94. The van der Waals surface area contributed by atoms with Crippen molar-refractivity contribution >= 4 is 12.1 Å². The Labute approximate surface area is 95.1 Å². The maximum absolute atomic E-state index is 11.5. The predicted molar refractivity (Wildman–Crippen MR) is 64.4 cm³/mol. The van der Waals surface area contributed by atoms with Crippen LogP contribution in [0.25, 0.3) is 0 Å². The van der Waals surface area contributed by atoms with Gasteiger partial charge >= 0.3 is 0 Å². The van der Waals surface area contributed by atoms with Gasteiger partial charge < -0.3 is 4.90 Å². The van der Waals surface area contributed by atoms with E-state index in [0.29, 0.717) is 6.54 Å². The summed E-state index contributed by atoms with van der Waals surface area (Å²) in [5.41, 5.74) is 1.03. The van der Waals surface area contributed by atoms with Crippen LogP contribution in [0, 0.1) is 0 Å². The monoisotopic (exact) mass is 214 g/mol. The highest BCUT2D eigenvalue weighted by Crippen LogP contribution is 2.14. The lowest BCUT2D eigenvalue weighted by atomic mass is 10.1. The molecular weight excluding hydrogens is 200 g/mol. The molecule has 0 N–H and O–H groups in total. The molecule has 1 atom stereocenters. The van der Waals surface area contributed by atoms with E-state index < -0.39 is 0 Å². The van der Waals surface area contributed by atoms with E-state index in [9.17, 15) is 4.79 Å². The third kappa shape index (κ3) is 2.19. The summed E-state index contributed by atoms with van der Waals surface area (Å²) in [6.07, 6.45) is 5.40. The van der Waals surface area contributed by atoms with Gasteiger partial charge in [0.25, 0.3) is 5.91 Å². The average molecular weight is 214 g/mol. The fourth-order valence-corrected chi connectivity index (χ4v) is 1.57. The van der Waals surface area contributed by atoms with Gasteiger partial charge in [0.2, 0.25) is 0 Å². The van der Waals surface area contributed by atoms with Gasteiger partial charge in [-0.1, -0.05) is 36.4 Å².